The standard InChI is InChI=1S/C25H35Cl2N3O3/c1-18-15-25(16-19(2)33-18,28-21-5-3-20(27)4-6-21)23(32)30-13-9-24(10-14-30)7-11-29(12-8-24)22(31)17-26/h3-6,18-19,28H,7-17H2,1-2H3/t18-,19+,25?. The number of hydrogen-bond donors (Lipinski definition) is 1. The zero-order chi connectivity index (χ0) is 23.6. The summed E-state index contributed by atoms with van der Waals surface area (Å²) in [4.78, 5) is 29.9. The summed E-state index contributed by atoms with van der Waals surface area (Å²) >= 11 is 11.8. The molecule has 1 aromatic carbocycles. The van der Waals surface area contributed by atoms with Crippen LogP contribution in [0.2, 0.25) is 5.02 Å². The third-order valence-corrected chi connectivity index (χ3v) is 8.26. The van der Waals surface area contributed by atoms with Gasteiger partial charge in [-0.15, -0.1) is 11.6 Å². The van der Waals surface area contributed by atoms with Crippen molar-refractivity contribution in [1.82, 2.24) is 9.80 Å². The first kappa shape index (κ1) is 24.6. The van der Waals surface area contributed by atoms with E-state index in [1.165, 1.54) is 0 Å². The minimum absolute atomic E-state index is 0.00238. The van der Waals surface area contributed by atoms with Crippen LogP contribution < -0.4 is 5.32 Å². The second kappa shape index (κ2) is 10.0. The Balaban J connectivity index is 1.45. The van der Waals surface area contributed by atoms with E-state index in [0.717, 1.165) is 57.5 Å². The Bertz CT molecular complexity index is 835. The smallest absolute Gasteiger partial charge is 0.248 e. The quantitative estimate of drug-likeness (QED) is 0.622. The van der Waals surface area contributed by atoms with Gasteiger partial charge in [-0.2, -0.15) is 0 Å². The van der Waals surface area contributed by atoms with Gasteiger partial charge in [0.1, 0.15) is 11.4 Å². The van der Waals surface area contributed by atoms with E-state index in [-0.39, 0.29) is 35.3 Å². The van der Waals surface area contributed by atoms with Crippen LogP contribution in [0.15, 0.2) is 24.3 Å². The van der Waals surface area contributed by atoms with Crippen LogP contribution in [0.1, 0.15) is 52.4 Å². The second-order valence-electron chi connectivity index (χ2n) is 10.2. The van der Waals surface area contributed by atoms with Gasteiger partial charge in [-0.3, -0.25) is 9.59 Å². The van der Waals surface area contributed by atoms with Crippen molar-refractivity contribution < 1.29 is 14.3 Å². The number of alkyl halides is 1. The molecular formula is C25H35Cl2N3O3. The molecule has 182 valence electrons. The van der Waals surface area contributed by atoms with Gasteiger partial charge >= 0.3 is 0 Å². The molecule has 0 aliphatic carbocycles. The van der Waals surface area contributed by atoms with Crippen LogP contribution in [-0.4, -0.2) is 71.4 Å². The molecule has 1 unspecified atom stereocenters. The summed E-state index contributed by atoms with van der Waals surface area (Å²) in [5.74, 6) is 0.250. The van der Waals surface area contributed by atoms with Crippen LogP contribution >= 0.6 is 23.2 Å². The van der Waals surface area contributed by atoms with Crippen LogP contribution in [-0.2, 0) is 14.3 Å². The van der Waals surface area contributed by atoms with E-state index < -0.39 is 5.54 Å². The van der Waals surface area contributed by atoms with Crippen LogP contribution in [0.4, 0.5) is 5.69 Å². The van der Waals surface area contributed by atoms with Gasteiger partial charge in [0.05, 0.1) is 12.2 Å². The molecule has 33 heavy (non-hydrogen) atoms. The van der Waals surface area contributed by atoms with Crippen molar-refractivity contribution in [3.8, 4) is 0 Å². The highest BCUT2D eigenvalue weighted by Crippen LogP contribution is 2.43. The third kappa shape index (κ3) is 5.44. The predicted octanol–water partition coefficient (Wildman–Crippen LogP) is 4.55. The summed E-state index contributed by atoms with van der Waals surface area (Å²) in [5, 5.41) is 4.26. The Kier molecular flexibility index (Phi) is 7.47. The number of likely N-dealkylation sites (tertiary alicyclic amines) is 2. The number of nitrogens with one attached hydrogen (secondary N) is 1. The number of anilines is 1. The van der Waals surface area contributed by atoms with Gasteiger partial charge in [-0.25, -0.2) is 0 Å². The SMILES string of the molecule is C[C@@H]1CC(Nc2ccc(Cl)cc2)(C(=O)N2CCC3(CCN(C(=O)CCl)CC3)CC2)C[C@H](C)O1. The molecule has 1 aromatic rings. The van der Waals surface area contributed by atoms with Crippen molar-refractivity contribution in [1.29, 1.82) is 0 Å². The molecule has 3 aliphatic rings. The molecule has 4 rings (SSSR count). The molecule has 3 atom stereocenters. The number of piperidine rings is 2. The van der Waals surface area contributed by atoms with Gasteiger partial charge in [0.2, 0.25) is 11.8 Å². The molecule has 8 heteroatoms. The molecule has 3 saturated heterocycles. The third-order valence-electron chi connectivity index (χ3n) is 7.78. The molecule has 0 aromatic heterocycles. The lowest BCUT2D eigenvalue weighted by Gasteiger charge is -2.50. The summed E-state index contributed by atoms with van der Waals surface area (Å²) in [6, 6.07) is 7.56. The summed E-state index contributed by atoms with van der Waals surface area (Å²) < 4.78 is 5.99. The molecule has 3 aliphatic heterocycles. The van der Waals surface area contributed by atoms with E-state index >= 15 is 0 Å². The number of carbonyl (C=O) groups is 2. The molecule has 1 N–H and O–H groups in total. The van der Waals surface area contributed by atoms with Crippen LogP contribution in [0.3, 0.4) is 0 Å². The van der Waals surface area contributed by atoms with E-state index in [4.69, 9.17) is 27.9 Å². The van der Waals surface area contributed by atoms with E-state index in [1.54, 1.807) is 0 Å². The number of carbonyl (C=O) groups excluding carboxylic acids is 2. The molecule has 3 heterocycles. The number of halogens is 2. The number of hydrogen-bond acceptors (Lipinski definition) is 4. The summed E-state index contributed by atoms with van der Waals surface area (Å²) in [6.45, 7) is 7.15. The number of benzene rings is 1. The zero-order valence-electron chi connectivity index (χ0n) is 19.6. The molecule has 3 fully saturated rings. The van der Waals surface area contributed by atoms with Crippen molar-refractivity contribution in [3.63, 3.8) is 0 Å². The predicted molar refractivity (Wildman–Crippen MR) is 132 cm³/mol. The zero-order valence-corrected chi connectivity index (χ0v) is 21.1. The first-order valence-electron chi connectivity index (χ1n) is 12.1. The van der Waals surface area contributed by atoms with Gasteiger partial charge in [-0.05, 0) is 69.2 Å². The largest absolute Gasteiger partial charge is 0.375 e. The van der Waals surface area contributed by atoms with Gasteiger partial charge in [0.25, 0.3) is 0 Å². The van der Waals surface area contributed by atoms with Crippen molar-refractivity contribution in [2.45, 2.75) is 70.1 Å². The first-order valence-corrected chi connectivity index (χ1v) is 13.0. The lowest BCUT2D eigenvalue weighted by atomic mass is 9.70. The molecule has 0 radical (unpaired) electrons. The van der Waals surface area contributed by atoms with Gasteiger partial charge in [0.15, 0.2) is 0 Å². The number of nitrogens with zero attached hydrogens (tertiary/aromatic N) is 2. The van der Waals surface area contributed by atoms with E-state index in [0.29, 0.717) is 17.9 Å². The average Bonchev–Trinajstić information content (AvgIpc) is 2.80. The Hall–Kier alpha value is -1.50. The van der Waals surface area contributed by atoms with Crippen LogP contribution in [0.25, 0.3) is 0 Å². The molecule has 6 nitrogen and oxygen atoms in total. The molecule has 2 amide bonds. The highest BCUT2D eigenvalue weighted by Gasteiger charge is 2.48. The molecule has 0 bridgehead atoms. The maximum atomic E-state index is 14.0. The lowest BCUT2D eigenvalue weighted by Crippen LogP contribution is -2.61. The van der Waals surface area contributed by atoms with Crippen molar-refractivity contribution in [2.75, 3.05) is 37.4 Å². The molecule has 0 saturated carbocycles. The summed E-state index contributed by atoms with van der Waals surface area (Å²) in [6.07, 6.45) is 5.23. The topological polar surface area (TPSA) is 61.9 Å². The Labute approximate surface area is 206 Å². The Morgan fingerprint density at radius 3 is 2.00 bits per heavy atom. The highest BCUT2D eigenvalue weighted by molar-refractivity contribution is 6.30. The fourth-order valence-electron chi connectivity index (χ4n) is 6.00. The monoisotopic (exact) mass is 495 g/mol. The Morgan fingerprint density at radius 2 is 1.48 bits per heavy atom. The average molecular weight is 496 g/mol. The summed E-state index contributed by atoms with van der Waals surface area (Å²) in [7, 11) is 0. The minimum Gasteiger partial charge on any atom is -0.375 e. The fraction of sp³-hybridized carbons (Fsp3) is 0.680. The Morgan fingerprint density at radius 1 is 0.970 bits per heavy atom. The van der Waals surface area contributed by atoms with Gasteiger partial charge < -0.3 is 19.9 Å². The highest BCUT2D eigenvalue weighted by atomic mass is 35.5. The van der Waals surface area contributed by atoms with E-state index in [2.05, 4.69) is 10.2 Å². The van der Waals surface area contributed by atoms with Crippen LogP contribution in [0, 0.1) is 5.41 Å². The summed E-state index contributed by atoms with van der Waals surface area (Å²) in [5.41, 5.74) is 0.442. The van der Waals surface area contributed by atoms with Gasteiger partial charge in [-0.1, -0.05) is 11.6 Å². The first-order chi connectivity index (χ1) is 15.7. The van der Waals surface area contributed by atoms with Crippen molar-refractivity contribution in [3.05, 3.63) is 29.3 Å². The van der Waals surface area contributed by atoms with E-state index in [1.807, 2.05) is 43.0 Å². The molecule has 1 spiro atoms. The maximum Gasteiger partial charge on any atom is 0.248 e. The number of ether oxygens (including phenoxy) is 1. The second-order valence-corrected chi connectivity index (χ2v) is 10.9. The number of amides is 2. The maximum absolute atomic E-state index is 14.0. The lowest BCUT2D eigenvalue weighted by molar-refractivity contribution is -0.147. The number of rotatable bonds is 4. The minimum atomic E-state index is -0.689. The molecular weight excluding hydrogens is 461 g/mol. The van der Waals surface area contributed by atoms with Crippen LogP contribution in [0.5, 0.6) is 0 Å². The van der Waals surface area contributed by atoms with Crippen molar-refractivity contribution >= 4 is 40.7 Å². The normalized spacial score (nSPS) is 29.7. The van der Waals surface area contributed by atoms with E-state index in [9.17, 15) is 9.59 Å². The van der Waals surface area contributed by atoms with Crippen molar-refractivity contribution in [2.24, 2.45) is 5.41 Å². The van der Waals surface area contributed by atoms with Gasteiger partial charge in [0, 0.05) is 49.7 Å². The fourth-order valence-corrected chi connectivity index (χ4v) is 6.29.